The van der Waals surface area contributed by atoms with Gasteiger partial charge in [-0.1, -0.05) is 30.7 Å². The molecule has 3 heteroatoms. The minimum Gasteiger partial charge on any atom is -0.299 e. The molecule has 0 amide bonds. The summed E-state index contributed by atoms with van der Waals surface area (Å²) < 4.78 is 0. The standard InChI is InChI=1S/C14H18ClNO/c1-2-14(17)12-7-8-16(10-12)9-11-3-5-13(15)6-4-11/h3-6,12H,2,7-10H2,1H3. The summed E-state index contributed by atoms with van der Waals surface area (Å²) >= 11 is 5.85. The van der Waals surface area contributed by atoms with Crippen molar-refractivity contribution in [2.45, 2.75) is 26.3 Å². The molecule has 1 unspecified atom stereocenters. The van der Waals surface area contributed by atoms with Gasteiger partial charge in [0, 0.05) is 30.5 Å². The molecule has 2 rings (SSSR count). The number of halogens is 1. The summed E-state index contributed by atoms with van der Waals surface area (Å²) in [6.07, 6.45) is 1.68. The summed E-state index contributed by atoms with van der Waals surface area (Å²) in [5.74, 6) is 0.663. The first-order valence-electron chi connectivity index (χ1n) is 6.18. The van der Waals surface area contributed by atoms with E-state index in [1.54, 1.807) is 0 Å². The average Bonchev–Trinajstić information content (AvgIpc) is 2.80. The van der Waals surface area contributed by atoms with Crippen LogP contribution in [0.15, 0.2) is 24.3 Å². The number of rotatable bonds is 4. The van der Waals surface area contributed by atoms with Crippen LogP contribution in [0.1, 0.15) is 25.3 Å². The van der Waals surface area contributed by atoms with Gasteiger partial charge in [0.2, 0.25) is 0 Å². The molecule has 1 aliphatic heterocycles. The fourth-order valence-electron chi connectivity index (χ4n) is 2.38. The largest absolute Gasteiger partial charge is 0.299 e. The van der Waals surface area contributed by atoms with Crippen LogP contribution >= 0.6 is 11.6 Å². The Labute approximate surface area is 108 Å². The number of hydrogen-bond acceptors (Lipinski definition) is 2. The number of carbonyl (C=O) groups is 1. The summed E-state index contributed by atoms with van der Waals surface area (Å²) in [4.78, 5) is 14.0. The first kappa shape index (κ1) is 12.6. The highest BCUT2D eigenvalue weighted by molar-refractivity contribution is 6.30. The number of carbonyl (C=O) groups excluding carboxylic acids is 1. The van der Waals surface area contributed by atoms with Gasteiger partial charge in [0.05, 0.1) is 0 Å². The lowest BCUT2D eigenvalue weighted by Crippen LogP contribution is -2.22. The third kappa shape index (κ3) is 3.30. The van der Waals surface area contributed by atoms with E-state index in [1.807, 2.05) is 19.1 Å². The highest BCUT2D eigenvalue weighted by atomic mass is 35.5. The molecule has 1 aromatic rings. The van der Waals surface area contributed by atoms with Crippen LogP contribution in [0.5, 0.6) is 0 Å². The van der Waals surface area contributed by atoms with Crippen LogP contribution in [-0.2, 0) is 11.3 Å². The molecule has 1 heterocycles. The van der Waals surface area contributed by atoms with E-state index >= 15 is 0 Å². The van der Waals surface area contributed by atoms with Crippen molar-refractivity contribution in [3.05, 3.63) is 34.9 Å². The molecule has 1 aliphatic rings. The van der Waals surface area contributed by atoms with E-state index in [9.17, 15) is 4.79 Å². The second kappa shape index (κ2) is 5.65. The van der Waals surface area contributed by atoms with Crippen molar-refractivity contribution in [3.8, 4) is 0 Å². The van der Waals surface area contributed by atoms with Gasteiger partial charge in [-0.25, -0.2) is 0 Å². The molecule has 17 heavy (non-hydrogen) atoms. The van der Waals surface area contributed by atoms with E-state index in [2.05, 4.69) is 17.0 Å². The van der Waals surface area contributed by atoms with Crippen molar-refractivity contribution in [2.75, 3.05) is 13.1 Å². The van der Waals surface area contributed by atoms with Crippen molar-refractivity contribution in [1.82, 2.24) is 4.90 Å². The van der Waals surface area contributed by atoms with Crippen molar-refractivity contribution < 1.29 is 4.79 Å². The molecule has 0 N–H and O–H groups in total. The van der Waals surface area contributed by atoms with Gasteiger partial charge in [-0.15, -0.1) is 0 Å². The maximum absolute atomic E-state index is 11.6. The minimum absolute atomic E-state index is 0.257. The molecule has 0 bridgehead atoms. The SMILES string of the molecule is CCC(=O)C1CCN(Cc2ccc(Cl)cc2)C1. The summed E-state index contributed by atoms with van der Waals surface area (Å²) in [6.45, 7) is 4.81. The van der Waals surface area contributed by atoms with Crippen LogP contribution in [0.2, 0.25) is 5.02 Å². The molecule has 0 saturated carbocycles. The summed E-state index contributed by atoms with van der Waals surface area (Å²) in [5.41, 5.74) is 1.26. The van der Waals surface area contributed by atoms with E-state index in [1.165, 1.54) is 5.56 Å². The van der Waals surface area contributed by atoms with Gasteiger partial charge in [0.25, 0.3) is 0 Å². The average molecular weight is 252 g/mol. The van der Waals surface area contributed by atoms with Gasteiger partial charge in [0.1, 0.15) is 5.78 Å². The van der Waals surface area contributed by atoms with Gasteiger partial charge in [0.15, 0.2) is 0 Å². The Bertz CT molecular complexity index is 388. The number of Topliss-reactive ketones (excluding diaryl/α,β-unsaturated/α-hetero) is 1. The van der Waals surface area contributed by atoms with E-state index < -0.39 is 0 Å². The second-order valence-corrected chi connectivity index (χ2v) is 5.10. The minimum atomic E-state index is 0.257. The van der Waals surface area contributed by atoms with E-state index in [4.69, 9.17) is 11.6 Å². The van der Waals surface area contributed by atoms with Gasteiger partial charge in [-0.05, 0) is 30.7 Å². The first-order chi connectivity index (χ1) is 8.19. The van der Waals surface area contributed by atoms with Crippen LogP contribution in [0, 0.1) is 5.92 Å². The fourth-order valence-corrected chi connectivity index (χ4v) is 2.50. The molecular formula is C14H18ClNO. The fraction of sp³-hybridized carbons (Fsp3) is 0.500. The molecule has 1 saturated heterocycles. The number of likely N-dealkylation sites (tertiary alicyclic amines) is 1. The third-order valence-corrected chi connectivity index (χ3v) is 3.65. The first-order valence-corrected chi connectivity index (χ1v) is 6.56. The number of ketones is 1. The molecule has 92 valence electrons. The molecule has 0 aromatic heterocycles. The Balaban J connectivity index is 1.89. The second-order valence-electron chi connectivity index (χ2n) is 4.67. The van der Waals surface area contributed by atoms with Crippen LogP contribution in [0.4, 0.5) is 0 Å². The van der Waals surface area contributed by atoms with Crippen LogP contribution in [0.25, 0.3) is 0 Å². The third-order valence-electron chi connectivity index (χ3n) is 3.40. The normalized spacial score (nSPS) is 20.7. The Morgan fingerprint density at radius 3 is 2.76 bits per heavy atom. The predicted octanol–water partition coefficient (Wildman–Crippen LogP) is 3.14. The number of hydrogen-bond donors (Lipinski definition) is 0. The Morgan fingerprint density at radius 2 is 2.12 bits per heavy atom. The molecule has 1 atom stereocenters. The quantitative estimate of drug-likeness (QED) is 0.820. The maximum Gasteiger partial charge on any atom is 0.137 e. The Morgan fingerprint density at radius 1 is 1.41 bits per heavy atom. The zero-order chi connectivity index (χ0) is 12.3. The monoisotopic (exact) mass is 251 g/mol. The van der Waals surface area contributed by atoms with E-state index in [-0.39, 0.29) is 5.92 Å². The van der Waals surface area contributed by atoms with Crippen LogP contribution in [-0.4, -0.2) is 23.8 Å². The van der Waals surface area contributed by atoms with Gasteiger partial charge in [-0.3, -0.25) is 9.69 Å². The highest BCUT2D eigenvalue weighted by Crippen LogP contribution is 2.21. The van der Waals surface area contributed by atoms with Crippen molar-refractivity contribution in [1.29, 1.82) is 0 Å². The molecule has 1 fully saturated rings. The summed E-state index contributed by atoms with van der Waals surface area (Å²) in [5, 5.41) is 0.772. The predicted molar refractivity (Wildman–Crippen MR) is 70.1 cm³/mol. The van der Waals surface area contributed by atoms with Crippen LogP contribution in [0.3, 0.4) is 0 Å². The molecule has 0 aliphatic carbocycles. The highest BCUT2D eigenvalue weighted by Gasteiger charge is 2.26. The lowest BCUT2D eigenvalue weighted by atomic mass is 10.0. The van der Waals surface area contributed by atoms with Gasteiger partial charge in [-0.2, -0.15) is 0 Å². The maximum atomic E-state index is 11.6. The summed E-state index contributed by atoms with van der Waals surface area (Å²) in [7, 11) is 0. The lowest BCUT2D eigenvalue weighted by Gasteiger charge is -2.15. The van der Waals surface area contributed by atoms with E-state index in [0.29, 0.717) is 12.2 Å². The van der Waals surface area contributed by atoms with Crippen LogP contribution < -0.4 is 0 Å². The zero-order valence-corrected chi connectivity index (χ0v) is 10.9. The number of nitrogens with zero attached hydrogens (tertiary/aromatic N) is 1. The van der Waals surface area contributed by atoms with Gasteiger partial charge < -0.3 is 0 Å². The summed E-state index contributed by atoms with van der Waals surface area (Å²) in [6, 6.07) is 7.94. The van der Waals surface area contributed by atoms with Crippen molar-refractivity contribution in [3.63, 3.8) is 0 Å². The molecule has 0 spiro atoms. The molecule has 2 nitrogen and oxygen atoms in total. The molecule has 0 radical (unpaired) electrons. The topological polar surface area (TPSA) is 20.3 Å². The smallest absolute Gasteiger partial charge is 0.137 e. The Hall–Kier alpha value is -0.860. The van der Waals surface area contributed by atoms with Gasteiger partial charge >= 0.3 is 0 Å². The number of benzene rings is 1. The van der Waals surface area contributed by atoms with E-state index in [0.717, 1.165) is 31.1 Å². The molecule has 1 aromatic carbocycles. The lowest BCUT2D eigenvalue weighted by molar-refractivity contribution is -0.122. The Kier molecular flexibility index (Phi) is 4.19. The van der Waals surface area contributed by atoms with Crippen molar-refractivity contribution in [2.24, 2.45) is 5.92 Å². The zero-order valence-electron chi connectivity index (χ0n) is 10.2. The van der Waals surface area contributed by atoms with Crippen molar-refractivity contribution >= 4 is 17.4 Å². The molecular weight excluding hydrogens is 234 g/mol.